The van der Waals surface area contributed by atoms with Crippen LogP contribution in [0.25, 0.3) is 0 Å². The summed E-state index contributed by atoms with van der Waals surface area (Å²) in [5, 5.41) is 7.24. The minimum absolute atomic E-state index is 0.0210. The summed E-state index contributed by atoms with van der Waals surface area (Å²) in [4.78, 5) is 0. The SMILES string of the molecule is CC(=N)c1ccc(C(F)(F)F)cc1N. The zero-order chi connectivity index (χ0) is 10.9. The van der Waals surface area contributed by atoms with Gasteiger partial charge in [-0.25, -0.2) is 0 Å². The van der Waals surface area contributed by atoms with E-state index in [1.54, 1.807) is 0 Å². The van der Waals surface area contributed by atoms with Crippen LogP contribution in [0.2, 0.25) is 0 Å². The van der Waals surface area contributed by atoms with E-state index in [2.05, 4.69) is 0 Å². The summed E-state index contributed by atoms with van der Waals surface area (Å²) in [5.41, 5.74) is 5.05. The van der Waals surface area contributed by atoms with Crippen molar-refractivity contribution in [1.29, 1.82) is 5.41 Å². The molecule has 0 bridgehead atoms. The van der Waals surface area contributed by atoms with Gasteiger partial charge in [-0.1, -0.05) is 6.07 Å². The van der Waals surface area contributed by atoms with E-state index in [4.69, 9.17) is 11.1 Å². The summed E-state index contributed by atoms with van der Waals surface area (Å²) in [6, 6.07) is 2.97. The Hall–Kier alpha value is -1.52. The summed E-state index contributed by atoms with van der Waals surface area (Å²) < 4.78 is 36.6. The van der Waals surface area contributed by atoms with Crippen LogP contribution in [0.5, 0.6) is 0 Å². The van der Waals surface area contributed by atoms with Gasteiger partial charge < -0.3 is 11.1 Å². The minimum Gasteiger partial charge on any atom is -0.398 e. The monoisotopic (exact) mass is 202 g/mol. The van der Waals surface area contributed by atoms with Crippen molar-refractivity contribution in [2.75, 3.05) is 5.73 Å². The number of alkyl halides is 3. The van der Waals surface area contributed by atoms with Gasteiger partial charge in [0.25, 0.3) is 0 Å². The molecule has 0 atom stereocenters. The molecule has 3 N–H and O–H groups in total. The smallest absolute Gasteiger partial charge is 0.398 e. The molecule has 0 amide bonds. The number of rotatable bonds is 1. The zero-order valence-corrected chi connectivity index (χ0v) is 7.44. The van der Waals surface area contributed by atoms with Gasteiger partial charge in [-0.05, 0) is 19.1 Å². The summed E-state index contributed by atoms with van der Waals surface area (Å²) >= 11 is 0. The van der Waals surface area contributed by atoms with Crippen LogP contribution in [-0.2, 0) is 6.18 Å². The number of hydrogen-bond donors (Lipinski definition) is 2. The second kappa shape index (κ2) is 3.32. The molecule has 0 heterocycles. The van der Waals surface area contributed by atoms with Crippen LogP contribution in [0.3, 0.4) is 0 Å². The Balaban J connectivity index is 3.20. The van der Waals surface area contributed by atoms with E-state index < -0.39 is 11.7 Å². The van der Waals surface area contributed by atoms with Crippen molar-refractivity contribution < 1.29 is 13.2 Å². The van der Waals surface area contributed by atoms with E-state index in [9.17, 15) is 13.2 Å². The lowest BCUT2D eigenvalue weighted by Crippen LogP contribution is -2.08. The Bertz CT molecular complexity index is 369. The molecule has 0 aliphatic carbocycles. The maximum atomic E-state index is 12.2. The summed E-state index contributed by atoms with van der Waals surface area (Å²) in [6.45, 7) is 1.47. The summed E-state index contributed by atoms with van der Waals surface area (Å²) in [7, 11) is 0. The molecule has 0 fully saturated rings. The maximum absolute atomic E-state index is 12.2. The van der Waals surface area contributed by atoms with Crippen LogP contribution in [-0.4, -0.2) is 5.71 Å². The number of nitrogens with one attached hydrogen (secondary N) is 1. The zero-order valence-electron chi connectivity index (χ0n) is 7.44. The number of halogens is 3. The van der Waals surface area contributed by atoms with E-state index in [1.165, 1.54) is 13.0 Å². The van der Waals surface area contributed by atoms with Crippen molar-refractivity contribution >= 4 is 11.4 Å². The topological polar surface area (TPSA) is 49.9 Å². The first kappa shape index (κ1) is 10.6. The molecule has 5 heteroatoms. The van der Waals surface area contributed by atoms with Crippen molar-refractivity contribution in [3.8, 4) is 0 Å². The second-order valence-corrected chi connectivity index (χ2v) is 2.92. The Morgan fingerprint density at radius 2 is 1.93 bits per heavy atom. The maximum Gasteiger partial charge on any atom is 0.416 e. The molecule has 0 saturated carbocycles. The first-order chi connectivity index (χ1) is 6.32. The van der Waals surface area contributed by atoms with E-state index in [0.717, 1.165) is 12.1 Å². The highest BCUT2D eigenvalue weighted by Crippen LogP contribution is 2.31. The number of anilines is 1. The van der Waals surface area contributed by atoms with Gasteiger partial charge in [0.2, 0.25) is 0 Å². The highest BCUT2D eigenvalue weighted by molar-refractivity contribution is 6.00. The van der Waals surface area contributed by atoms with Gasteiger partial charge in [0.05, 0.1) is 5.56 Å². The van der Waals surface area contributed by atoms with Crippen LogP contribution in [0.4, 0.5) is 18.9 Å². The normalized spacial score (nSPS) is 11.4. The van der Waals surface area contributed by atoms with E-state index in [0.29, 0.717) is 5.56 Å². The lowest BCUT2D eigenvalue weighted by Gasteiger charge is -2.09. The van der Waals surface area contributed by atoms with Crippen molar-refractivity contribution in [1.82, 2.24) is 0 Å². The molecule has 76 valence electrons. The van der Waals surface area contributed by atoms with Gasteiger partial charge in [-0.2, -0.15) is 13.2 Å². The van der Waals surface area contributed by atoms with E-state index in [-0.39, 0.29) is 11.4 Å². The van der Waals surface area contributed by atoms with Gasteiger partial charge in [0.1, 0.15) is 0 Å². The van der Waals surface area contributed by atoms with Crippen LogP contribution in [0, 0.1) is 5.41 Å². The van der Waals surface area contributed by atoms with Crippen LogP contribution in [0.1, 0.15) is 18.1 Å². The third kappa shape index (κ3) is 2.04. The Labute approximate surface area is 79.0 Å². The molecule has 2 nitrogen and oxygen atoms in total. The van der Waals surface area contributed by atoms with E-state index in [1.807, 2.05) is 0 Å². The van der Waals surface area contributed by atoms with Gasteiger partial charge in [0, 0.05) is 17.0 Å². The molecular weight excluding hydrogens is 193 g/mol. The van der Waals surface area contributed by atoms with Crippen molar-refractivity contribution in [2.45, 2.75) is 13.1 Å². The number of hydrogen-bond acceptors (Lipinski definition) is 2. The quantitative estimate of drug-likeness (QED) is 0.533. The molecule has 1 rings (SSSR count). The standard InChI is InChI=1S/C9H9F3N2/c1-5(13)7-3-2-6(4-8(7)14)9(10,11)12/h2-4,13H,14H2,1H3. The molecule has 1 aromatic rings. The molecule has 1 aromatic carbocycles. The molecule has 0 spiro atoms. The van der Waals surface area contributed by atoms with Gasteiger partial charge in [0.15, 0.2) is 0 Å². The highest BCUT2D eigenvalue weighted by Gasteiger charge is 2.30. The third-order valence-electron chi connectivity index (χ3n) is 1.78. The highest BCUT2D eigenvalue weighted by atomic mass is 19.4. The Morgan fingerprint density at radius 3 is 2.29 bits per heavy atom. The van der Waals surface area contributed by atoms with Crippen LogP contribution >= 0.6 is 0 Å². The molecule has 0 aromatic heterocycles. The molecule has 0 aliphatic heterocycles. The Morgan fingerprint density at radius 1 is 1.36 bits per heavy atom. The summed E-state index contributed by atoms with van der Waals surface area (Å²) in [5.74, 6) is 0. The van der Waals surface area contributed by atoms with Crippen molar-refractivity contribution in [3.63, 3.8) is 0 Å². The fourth-order valence-electron chi connectivity index (χ4n) is 1.08. The average molecular weight is 202 g/mol. The molecule has 14 heavy (non-hydrogen) atoms. The fraction of sp³-hybridized carbons (Fsp3) is 0.222. The molecule has 0 radical (unpaired) electrons. The summed E-state index contributed by atoms with van der Waals surface area (Å²) in [6.07, 6.45) is -4.39. The first-order valence-electron chi connectivity index (χ1n) is 3.84. The van der Waals surface area contributed by atoms with E-state index >= 15 is 0 Å². The first-order valence-corrected chi connectivity index (χ1v) is 3.84. The molecular formula is C9H9F3N2. The van der Waals surface area contributed by atoms with Gasteiger partial charge in [-0.3, -0.25) is 0 Å². The molecule has 0 saturated heterocycles. The molecule has 0 aliphatic rings. The largest absolute Gasteiger partial charge is 0.416 e. The fourth-order valence-corrected chi connectivity index (χ4v) is 1.08. The number of benzene rings is 1. The number of nitrogens with two attached hydrogens (primary N) is 1. The minimum atomic E-state index is -4.39. The Kier molecular flexibility index (Phi) is 2.51. The lowest BCUT2D eigenvalue weighted by atomic mass is 10.1. The predicted molar refractivity (Wildman–Crippen MR) is 48.4 cm³/mol. The second-order valence-electron chi connectivity index (χ2n) is 2.92. The van der Waals surface area contributed by atoms with Crippen LogP contribution in [0.15, 0.2) is 18.2 Å². The average Bonchev–Trinajstić information content (AvgIpc) is 2.01. The van der Waals surface area contributed by atoms with Crippen molar-refractivity contribution in [2.24, 2.45) is 0 Å². The van der Waals surface area contributed by atoms with Gasteiger partial charge in [-0.15, -0.1) is 0 Å². The van der Waals surface area contributed by atoms with Crippen LogP contribution < -0.4 is 5.73 Å². The van der Waals surface area contributed by atoms with Gasteiger partial charge >= 0.3 is 6.18 Å². The third-order valence-corrected chi connectivity index (χ3v) is 1.78. The molecule has 0 unspecified atom stereocenters. The lowest BCUT2D eigenvalue weighted by molar-refractivity contribution is -0.137. The van der Waals surface area contributed by atoms with Crippen molar-refractivity contribution in [3.05, 3.63) is 29.3 Å². The predicted octanol–water partition coefficient (Wildman–Crippen LogP) is 2.68. The number of nitrogen functional groups attached to an aromatic ring is 1.